The van der Waals surface area contributed by atoms with E-state index in [9.17, 15) is 4.79 Å². The Morgan fingerprint density at radius 3 is 3.11 bits per heavy atom. The van der Waals surface area contributed by atoms with Crippen molar-refractivity contribution >= 4 is 5.91 Å². The van der Waals surface area contributed by atoms with Crippen LogP contribution in [0.2, 0.25) is 0 Å². The van der Waals surface area contributed by atoms with Gasteiger partial charge in [0, 0.05) is 26.1 Å². The lowest BCUT2D eigenvalue weighted by atomic mass is 10.4. The van der Waals surface area contributed by atoms with Gasteiger partial charge < -0.3 is 5.32 Å². The van der Waals surface area contributed by atoms with E-state index in [2.05, 4.69) is 5.32 Å². The zero-order chi connectivity index (χ0) is 6.69. The van der Waals surface area contributed by atoms with E-state index in [1.165, 1.54) is 0 Å². The van der Waals surface area contributed by atoms with Crippen molar-refractivity contribution in [3.8, 4) is 0 Å². The van der Waals surface area contributed by atoms with Crippen molar-refractivity contribution in [1.82, 2.24) is 10.3 Å². The van der Waals surface area contributed by atoms with Gasteiger partial charge in [-0.2, -0.15) is 0 Å². The quantitative estimate of drug-likeness (QED) is 0.399. The van der Waals surface area contributed by atoms with Gasteiger partial charge in [0.05, 0.1) is 0 Å². The Kier molecular flexibility index (Phi) is 2.02. The number of nitrogens with zero attached hydrogens (tertiary/aromatic N) is 1. The monoisotopic (exact) mass is 129 g/mol. The lowest BCUT2D eigenvalue weighted by molar-refractivity contribution is -0.120. The average molecular weight is 129 g/mol. The van der Waals surface area contributed by atoms with Gasteiger partial charge in [-0.05, 0) is 0 Å². The number of hydrazine groups is 1. The van der Waals surface area contributed by atoms with Crippen molar-refractivity contribution in [2.75, 3.05) is 19.6 Å². The van der Waals surface area contributed by atoms with Gasteiger partial charge in [-0.3, -0.25) is 10.6 Å². The zero-order valence-electron chi connectivity index (χ0n) is 5.26. The fraction of sp³-hybridized carbons (Fsp3) is 0.800. The second-order valence-corrected chi connectivity index (χ2v) is 2.14. The normalized spacial score (nSPS) is 23.0. The van der Waals surface area contributed by atoms with E-state index in [-0.39, 0.29) is 5.91 Å². The number of carbonyl (C=O) groups is 1. The molecule has 52 valence electrons. The molecule has 1 aliphatic heterocycles. The van der Waals surface area contributed by atoms with Crippen LogP contribution in [0.5, 0.6) is 0 Å². The first-order valence-electron chi connectivity index (χ1n) is 3.05. The van der Waals surface area contributed by atoms with Gasteiger partial charge in [0.15, 0.2) is 0 Å². The van der Waals surface area contributed by atoms with E-state index < -0.39 is 0 Å². The van der Waals surface area contributed by atoms with Crippen molar-refractivity contribution in [3.63, 3.8) is 0 Å². The van der Waals surface area contributed by atoms with Crippen LogP contribution in [0, 0.1) is 0 Å². The summed E-state index contributed by atoms with van der Waals surface area (Å²) in [7, 11) is 0. The van der Waals surface area contributed by atoms with Crippen molar-refractivity contribution in [3.05, 3.63) is 0 Å². The highest BCUT2D eigenvalue weighted by Crippen LogP contribution is 1.88. The fourth-order valence-electron chi connectivity index (χ4n) is 0.784. The Bertz CT molecular complexity index is 115. The molecular formula is C5H11N3O. The summed E-state index contributed by atoms with van der Waals surface area (Å²) in [6.07, 6.45) is 0.524. The van der Waals surface area contributed by atoms with E-state index in [1.807, 2.05) is 0 Å². The molecule has 1 heterocycles. The predicted molar refractivity (Wildman–Crippen MR) is 33.4 cm³/mol. The van der Waals surface area contributed by atoms with Crippen LogP contribution in [-0.4, -0.2) is 30.6 Å². The highest BCUT2D eigenvalue weighted by atomic mass is 16.1. The summed E-state index contributed by atoms with van der Waals surface area (Å²) in [5.74, 6) is 5.54. The first-order chi connectivity index (χ1) is 4.29. The van der Waals surface area contributed by atoms with Crippen molar-refractivity contribution in [1.29, 1.82) is 0 Å². The van der Waals surface area contributed by atoms with E-state index in [0.717, 1.165) is 6.54 Å². The molecule has 1 rings (SSSR count). The minimum absolute atomic E-state index is 0.1000. The Balaban J connectivity index is 2.34. The van der Waals surface area contributed by atoms with E-state index in [1.54, 1.807) is 5.01 Å². The maximum Gasteiger partial charge on any atom is 0.221 e. The largest absolute Gasteiger partial charge is 0.355 e. The molecule has 0 aromatic rings. The summed E-state index contributed by atoms with van der Waals surface area (Å²) in [5.41, 5.74) is 0. The van der Waals surface area contributed by atoms with Crippen LogP contribution in [-0.2, 0) is 4.79 Å². The number of hydrogen-bond acceptors (Lipinski definition) is 3. The molecule has 0 spiro atoms. The maximum atomic E-state index is 10.6. The topological polar surface area (TPSA) is 58.4 Å². The van der Waals surface area contributed by atoms with E-state index in [4.69, 9.17) is 5.84 Å². The summed E-state index contributed by atoms with van der Waals surface area (Å²) in [5, 5.41) is 4.36. The van der Waals surface area contributed by atoms with Gasteiger partial charge in [0.2, 0.25) is 5.91 Å². The number of amides is 1. The molecule has 0 unspecified atom stereocenters. The van der Waals surface area contributed by atoms with Crippen LogP contribution < -0.4 is 11.2 Å². The highest BCUT2D eigenvalue weighted by molar-refractivity contribution is 5.76. The molecule has 1 fully saturated rings. The highest BCUT2D eigenvalue weighted by Gasteiger charge is 2.08. The molecule has 0 bridgehead atoms. The first-order valence-corrected chi connectivity index (χ1v) is 3.05. The molecule has 3 N–H and O–H groups in total. The number of carbonyl (C=O) groups excluding carboxylic acids is 1. The first kappa shape index (κ1) is 6.51. The van der Waals surface area contributed by atoms with Gasteiger partial charge in [-0.1, -0.05) is 0 Å². The predicted octanol–water partition coefficient (Wildman–Crippen LogP) is -1.32. The Hall–Kier alpha value is -0.610. The van der Waals surface area contributed by atoms with Crippen LogP contribution in [0.4, 0.5) is 0 Å². The zero-order valence-corrected chi connectivity index (χ0v) is 5.26. The van der Waals surface area contributed by atoms with Crippen LogP contribution in [0.3, 0.4) is 0 Å². The number of nitrogens with one attached hydrogen (secondary N) is 1. The van der Waals surface area contributed by atoms with Gasteiger partial charge in [-0.15, -0.1) is 0 Å². The lowest BCUT2D eigenvalue weighted by Gasteiger charge is -2.09. The van der Waals surface area contributed by atoms with Crippen molar-refractivity contribution in [2.24, 2.45) is 5.84 Å². The second kappa shape index (κ2) is 2.80. The Morgan fingerprint density at radius 1 is 1.56 bits per heavy atom. The summed E-state index contributed by atoms with van der Waals surface area (Å²) < 4.78 is 0. The summed E-state index contributed by atoms with van der Waals surface area (Å²) >= 11 is 0. The second-order valence-electron chi connectivity index (χ2n) is 2.14. The van der Waals surface area contributed by atoms with Gasteiger partial charge in [-0.25, -0.2) is 5.01 Å². The molecule has 1 amide bonds. The van der Waals surface area contributed by atoms with Crippen LogP contribution in [0.15, 0.2) is 0 Å². The molecule has 0 saturated carbocycles. The molecule has 4 heteroatoms. The number of nitrogens with two attached hydrogens (primary N) is 1. The molecule has 9 heavy (non-hydrogen) atoms. The van der Waals surface area contributed by atoms with Crippen LogP contribution >= 0.6 is 0 Å². The number of rotatable bonds is 0. The van der Waals surface area contributed by atoms with E-state index >= 15 is 0 Å². The smallest absolute Gasteiger partial charge is 0.221 e. The van der Waals surface area contributed by atoms with Crippen molar-refractivity contribution < 1.29 is 4.79 Å². The minimum atomic E-state index is 0.1000. The minimum Gasteiger partial charge on any atom is -0.355 e. The van der Waals surface area contributed by atoms with Gasteiger partial charge >= 0.3 is 0 Å². The molecule has 0 aromatic carbocycles. The standard InChI is InChI=1S/C5H11N3O/c6-8-3-1-5(9)7-2-4-8/h1-4,6H2,(H,7,9). The molecule has 0 aliphatic carbocycles. The molecule has 0 atom stereocenters. The Labute approximate surface area is 54.0 Å². The lowest BCUT2D eigenvalue weighted by Crippen LogP contribution is -2.34. The molecular weight excluding hydrogens is 118 g/mol. The third-order valence-electron chi connectivity index (χ3n) is 1.35. The van der Waals surface area contributed by atoms with Crippen LogP contribution in [0.1, 0.15) is 6.42 Å². The molecule has 1 aliphatic rings. The fourth-order valence-corrected chi connectivity index (χ4v) is 0.784. The van der Waals surface area contributed by atoms with Crippen molar-refractivity contribution in [2.45, 2.75) is 6.42 Å². The molecule has 4 nitrogen and oxygen atoms in total. The summed E-state index contributed by atoms with van der Waals surface area (Å²) in [6.45, 7) is 2.10. The third-order valence-corrected chi connectivity index (χ3v) is 1.35. The SMILES string of the molecule is NN1CCNC(=O)CC1. The van der Waals surface area contributed by atoms with Crippen LogP contribution in [0.25, 0.3) is 0 Å². The molecule has 1 saturated heterocycles. The maximum absolute atomic E-state index is 10.6. The average Bonchev–Trinajstić information content (AvgIpc) is 1.97. The van der Waals surface area contributed by atoms with Gasteiger partial charge in [0.25, 0.3) is 0 Å². The molecule has 0 aromatic heterocycles. The number of hydrogen-bond donors (Lipinski definition) is 2. The molecule has 0 radical (unpaired) electrons. The Morgan fingerprint density at radius 2 is 2.33 bits per heavy atom. The summed E-state index contributed by atoms with van der Waals surface area (Å²) in [6, 6.07) is 0. The van der Waals surface area contributed by atoms with E-state index in [0.29, 0.717) is 19.5 Å². The van der Waals surface area contributed by atoms with Gasteiger partial charge in [0.1, 0.15) is 0 Å². The summed E-state index contributed by atoms with van der Waals surface area (Å²) in [4.78, 5) is 10.6. The third kappa shape index (κ3) is 1.99.